The van der Waals surface area contributed by atoms with Gasteiger partial charge in [0, 0.05) is 42.8 Å². The van der Waals surface area contributed by atoms with Crippen molar-refractivity contribution in [3.8, 4) is 0 Å². The Bertz CT molecular complexity index is 1140. The number of halogens is 3. The molecule has 0 spiro atoms. The number of anilines is 2. The molecule has 2 aromatic carbocycles. The van der Waals surface area contributed by atoms with Gasteiger partial charge in [0.2, 0.25) is 0 Å². The Morgan fingerprint density at radius 3 is 2.32 bits per heavy atom. The number of likely N-dealkylation sites (tertiary alicyclic amines) is 1. The van der Waals surface area contributed by atoms with Crippen LogP contribution in [0.3, 0.4) is 0 Å². The Balaban J connectivity index is 1.31. The van der Waals surface area contributed by atoms with Gasteiger partial charge in [-0.3, -0.25) is 4.79 Å². The maximum absolute atomic E-state index is 12.8. The number of piperidine rings is 1. The van der Waals surface area contributed by atoms with Crippen LogP contribution in [0, 0.1) is 0 Å². The number of para-hydroxylation sites is 1. The van der Waals surface area contributed by atoms with Crippen molar-refractivity contribution in [3.63, 3.8) is 0 Å². The minimum atomic E-state index is -4.41. The molecule has 3 amide bonds. The number of hydrogen-bond acceptors (Lipinski definition) is 4. The summed E-state index contributed by atoms with van der Waals surface area (Å²) >= 11 is 1.44. The number of thiazole rings is 1. The molecule has 10 heteroatoms. The molecule has 3 aromatic rings. The molecule has 6 nitrogen and oxygen atoms in total. The number of benzene rings is 2. The Hall–Kier alpha value is -3.40. The van der Waals surface area contributed by atoms with Crippen molar-refractivity contribution in [1.29, 1.82) is 0 Å². The highest BCUT2D eigenvalue weighted by Gasteiger charge is 2.30. The number of alkyl halides is 3. The largest absolute Gasteiger partial charge is 0.416 e. The first-order valence-electron chi connectivity index (χ1n) is 10.7. The fourth-order valence-electron chi connectivity index (χ4n) is 3.79. The zero-order chi connectivity index (χ0) is 24.3. The number of urea groups is 1. The van der Waals surface area contributed by atoms with E-state index in [0.29, 0.717) is 37.3 Å². The van der Waals surface area contributed by atoms with Crippen LogP contribution in [-0.2, 0) is 6.18 Å². The molecule has 178 valence electrons. The average molecular weight is 489 g/mol. The first-order valence-corrected chi connectivity index (χ1v) is 11.6. The van der Waals surface area contributed by atoms with Crippen molar-refractivity contribution in [2.75, 3.05) is 30.4 Å². The molecular weight excluding hydrogens is 465 g/mol. The molecule has 0 atom stereocenters. The predicted molar refractivity (Wildman–Crippen MR) is 125 cm³/mol. The Morgan fingerprint density at radius 2 is 1.71 bits per heavy atom. The topological polar surface area (TPSA) is 65.5 Å². The highest BCUT2D eigenvalue weighted by Crippen LogP contribution is 2.32. The van der Waals surface area contributed by atoms with Gasteiger partial charge in [-0.25, -0.2) is 9.78 Å². The molecule has 34 heavy (non-hydrogen) atoms. The molecule has 2 heterocycles. The maximum Gasteiger partial charge on any atom is 0.416 e. The summed E-state index contributed by atoms with van der Waals surface area (Å²) in [7, 11) is 1.71. The third-order valence-corrected chi connectivity index (χ3v) is 6.79. The summed E-state index contributed by atoms with van der Waals surface area (Å²) in [6.45, 7) is 0.980. The van der Waals surface area contributed by atoms with Crippen molar-refractivity contribution in [3.05, 3.63) is 76.2 Å². The summed E-state index contributed by atoms with van der Waals surface area (Å²) in [5, 5.41) is 5.28. The van der Waals surface area contributed by atoms with Gasteiger partial charge in [0.05, 0.1) is 10.6 Å². The van der Waals surface area contributed by atoms with Crippen molar-refractivity contribution in [1.82, 2.24) is 9.88 Å². The van der Waals surface area contributed by atoms with Gasteiger partial charge in [-0.05, 0) is 49.2 Å². The van der Waals surface area contributed by atoms with E-state index in [4.69, 9.17) is 0 Å². The van der Waals surface area contributed by atoms with Gasteiger partial charge >= 0.3 is 12.2 Å². The van der Waals surface area contributed by atoms with Gasteiger partial charge in [0.25, 0.3) is 5.91 Å². The minimum Gasteiger partial charge on any atom is -0.324 e. The van der Waals surface area contributed by atoms with Crippen molar-refractivity contribution in [2.45, 2.75) is 24.9 Å². The van der Waals surface area contributed by atoms with Crippen molar-refractivity contribution in [2.24, 2.45) is 0 Å². The van der Waals surface area contributed by atoms with Crippen LogP contribution in [0.2, 0.25) is 0 Å². The van der Waals surface area contributed by atoms with Crippen LogP contribution in [0.4, 0.5) is 29.3 Å². The van der Waals surface area contributed by atoms with Crippen LogP contribution >= 0.6 is 11.3 Å². The van der Waals surface area contributed by atoms with Gasteiger partial charge < -0.3 is 15.1 Å². The van der Waals surface area contributed by atoms with Crippen LogP contribution < -0.4 is 10.2 Å². The second-order valence-corrected chi connectivity index (χ2v) is 8.93. The lowest BCUT2D eigenvalue weighted by Crippen LogP contribution is -2.40. The number of carbonyl (C=O) groups excluding carboxylic acids is 2. The van der Waals surface area contributed by atoms with Gasteiger partial charge in [0.1, 0.15) is 5.69 Å². The minimum absolute atomic E-state index is 0.142. The second kappa shape index (κ2) is 9.84. The molecule has 1 N–H and O–H groups in total. The molecule has 1 fully saturated rings. The predicted octanol–water partition coefficient (Wildman–Crippen LogP) is 5.85. The number of nitrogens with zero attached hydrogens (tertiary/aromatic N) is 3. The summed E-state index contributed by atoms with van der Waals surface area (Å²) in [6.07, 6.45) is -3.03. The smallest absolute Gasteiger partial charge is 0.324 e. The number of rotatable bonds is 4. The van der Waals surface area contributed by atoms with Gasteiger partial charge in [-0.15, -0.1) is 11.3 Å². The van der Waals surface area contributed by atoms with Crippen LogP contribution in [0.25, 0.3) is 0 Å². The summed E-state index contributed by atoms with van der Waals surface area (Å²) in [4.78, 5) is 33.1. The van der Waals surface area contributed by atoms with E-state index in [0.717, 1.165) is 22.8 Å². The third-order valence-electron chi connectivity index (χ3n) is 5.78. The Labute approximate surface area is 199 Å². The van der Waals surface area contributed by atoms with E-state index < -0.39 is 11.7 Å². The number of nitrogens with one attached hydrogen (secondary N) is 1. The second-order valence-electron chi connectivity index (χ2n) is 8.04. The maximum atomic E-state index is 12.8. The quantitative estimate of drug-likeness (QED) is 0.501. The molecular formula is C24H23F3N4O2S. The fraction of sp³-hybridized carbons (Fsp3) is 0.292. The van der Waals surface area contributed by atoms with Crippen molar-refractivity contribution >= 4 is 34.6 Å². The van der Waals surface area contributed by atoms with E-state index in [1.54, 1.807) is 22.2 Å². The first kappa shape index (κ1) is 23.7. The van der Waals surface area contributed by atoms with E-state index in [9.17, 15) is 22.8 Å². The molecule has 1 aromatic heterocycles. The monoisotopic (exact) mass is 488 g/mol. The number of hydrogen-bond donors (Lipinski definition) is 1. The van der Waals surface area contributed by atoms with Crippen LogP contribution in [0.5, 0.6) is 0 Å². The van der Waals surface area contributed by atoms with Crippen LogP contribution in [-0.4, -0.2) is 42.0 Å². The highest BCUT2D eigenvalue weighted by atomic mass is 32.1. The molecule has 1 aliphatic heterocycles. The SMILES string of the molecule is CN(C(=O)c1csc(C2CCN(C(=O)Nc3ccc(C(F)(F)F)cc3)CC2)n1)c1ccccc1. The van der Waals surface area contributed by atoms with E-state index >= 15 is 0 Å². The Morgan fingerprint density at radius 1 is 1.06 bits per heavy atom. The molecule has 0 aliphatic carbocycles. The van der Waals surface area contributed by atoms with Gasteiger partial charge in [-0.2, -0.15) is 13.2 Å². The van der Waals surface area contributed by atoms with Crippen LogP contribution in [0.15, 0.2) is 60.0 Å². The molecule has 0 saturated carbocycles. The zero-order valence-corrected chi connectivity index (χ0v) is 19.2. The van der Waals surface area contributed by atoms with E-state index in [-0.39, 0.29) is 17.9 Å². The summed E-state index contributed by atoms with van der Waals surface area (Å²) < 4.78 is 38.1. The first-order chi connectivity index (χ1) is 16.2. The summed E-state index contributed by atoms with van der Waals surface area (Å²) in [6, 6.07) is 13.4. The molecule has 4 rings (SSSR count). The molecule has 0 radical (unpaired) electrons. The summed E-state index contributed by atoms with van der Waals surface area (Å²) in [5.41, 5.74) is 0.733. The van der Waals surface area contributed by atoms with E-state index in [1.165, 1.54) is 23.5 Å². The van der Waals surface area contributed by atoms with Crippen LogP contribution in [0.1, 0.15) is 39.8 Å². The number of carbonyl (C=O) groups is 2. The standard InChI is InChI=1S/C24H23F3N4O2S/c1-30(19-5-3-2-4-6-19)22(32)20-15-34-21(29-20)16-11-13-31(14-12-16)23(33)28-18-9-7-17(8-10-18)24(25,26)27/h2-10,15-16H,11-14H2,1H3,(H,28,33). The lowest BCUT2D eigenvalue weighted by Gasteiger charge is -2.31. The third kappa shape index (κ3) is 5.39. The average Bonchev–Trinajstić information content (AvgIpc) is 3.34. The van der Waals surface area contributed by atoms with Gasteiger partial charge in [-0.1, -0.05) is 18.2 Å². The molecule has 1 saturated heterocycles. The lowest BCUT2D eigenvalue weighted by atomic mass is 9.98. The molecule has 1 aliphatic rings. The highest BCUT2D eigenvalue weighted by molar-refractivity contribution is 7.10. The normalized spacial score (nSPS) is 14.6. The molecule has 0 bridgehead atoms. The van der Waals surface area contributed by atoms with E-state index in [1.807, 2.05) is 30.3 Å². The fourth-order valence-corrected chi connectivity index (χ4v) is 4.75. The Kier molecular flexibility index (Phi) is 6.87. The van der Waals surface area contributed by atoms with Gasteiger partial charge in [0.15, 0.2) is 0 Å². The lowest BCUT2D eigenvalue weighted by molar-refractivity contribution is -0.137. The zero-order valence-electron chi connectivity index (χ0n) is 18.4. The number of amides is 3. The van der Waals surface area contributed by atoms with E-state index in [2.05, 4.69) is 10.3 Å². The van der Waals surface area contributed by atoms with Crippen molar-refractivity contribution < 1.29 is 22.8 Å². The summed E-state index contributed by atoms with van der Waals surface area (Å²) in [5.74, 6) is -0.0363. The number of aromatic nitrogens is 1. The molecule has 0 unspecified atom stereocenters.